The van der Waals surface area contributed by atoms with Crippen LogP contribution in [0, 0.1) is 0 Å². The fourth-order valence-corrected chi connectivity index (χ4v) is 3.13. The Labute approximate surface area is 143 Å². The van der Waals surface area contributed by atoms with Crippen molar-refractivity contribution in [2.24, 2.45) is 0 Å². The predicted molar refractivity (Wildman–Crippen MR) is 99.9 cm³/mol. The van der Waals surface area contributed by atoms with E-state index in [0.29, 0.717) is 22.2 Å². The van der Waals surface area contributed by atoms with Crippen molar-refractivity contribution in [3.05, 3.63) is 93.5 Å². The first-order valence-corrected chi connectivity index (χ1v) is 7.92. The molecular formula is C21H15NO3. The zero-order chi connectivity index (χ0) is 17.4. The molecular weight excluding hydrogens is 314 g/mol. The lowest BCUT2D eigenvalue weighted by atomic mass is 10.1. The first kappa shape index (κ1) is 15.1. The SMILES string of the molecule is COc1cccc(-n2c(=O)c3ccccc3c3ccccc3c2=O)c1. The molecule has 0 N–H and O–H groups in total. The molecule has 0 saturated heterocycles. The van der Waals surface area contributed by atoms with Crippen molar-refractivity contribution in [2.45, 2.75) is 0 Å². The van der Waals surface area contributed by atoms with Gasteiger partial charge in [-0.2, -0.15) is 0 Å². The molecule has 0 amide bonds. The summed E-state index contributed by atoms with van der Waals surface area (Å²) in [5.41, 5.74) is -0.198. The second kappa shape index (κ2) is 5.91. The summed E-state index contributed by atoms with van der Waals surface area (Å²) in [6, 6.07) is 21.5. The third kappa shape index (κ3) is 2.39. The minimum atomic E-state index is -0.343. The molecule has 0 saturated carbocycles. The van der Waals surface area contributed by atoms with Crippen molar-refractivity contribution in [1.82, 2.24) is 4.57 Å². The molecule has 4 aromatic rings. The molecule has 1 aromatic heterocycles. The summed E-state index contributed by atoms with van der Waals surface area (Å²) in [5, 5.41) is 2.54. The third-order valence-corrected chi connectivity index (χ3v) is 4.32. The molecule has 0 bridgehead atoms. The smallest absolute Gasteiger partial charge is 0.265 e. The van der Waals surface area contributed by atoms with E-state index in [1.165, 1.54) is 4.57 Å². The number of benzene rings is 3. The Morgan fingerprint density at radius 3 is 1.72 bits per heavy atom. The van der Waals surface area contributed by atoms with Crippen LogP contribution in [0.2, 0.25) is 0 Å². The molecule has 3 aromatic carbocycles. The van der Waals surface area contributed by atoms with Gasteiger partial charge in [0.15, 0.2) is 0 Å². The molecule has 0 aliphatic carbocycles. The summed E-state index contributed by atoms with van der Waals surface area (Å²) in [4.78, 5) is 26.4. The van der Waals surface area contributed by atoms with Gasteiger partial charge in [0.05, 0.1) is 12.8 Å². The van der Waals surface area contributed by atoms with Gasteiger partial charge in [-0.3, -0.25) is 9.59 Å². The lowest BCUT2D eigenvalue weighted by molar-refractivity contribution is 0.414. The number of ether oxygens (including phenoxy) is 1. The topological polar surface area (TPSA) is 48.3 Å². The molecule has 1 heterocycles. The first-order chi connectivity index (χ1) is 12.2. The normalized spacial score (nSPS) is 10.9. The average molecular weight is 329 g/mol. The second-order valence-corrected chi connectivity index (χ2v) is 5.74. The number of fused-ring (bicyclic) bond motifs is 3. The van der Waals surface area contributed by atoms with E-state index in [0.717, 1.165) is 10.8 Å². The molecule has 25 heavy (non-hydrogen) atoms. The monoisotopic (exact) mass is 329 g/mol. The van der Waals surface area contributed by atoms with Gasteiger partial charge in [0, 0.05) is 16.8 Å². The highest BCUT2D eigenvalue weighted by Gasteiger charge is 2.12. The number of hydrogen-bond acceptors (Lipinski definition) is 3. The van der Waals surface area contributed by atoms with Crippen LogP contribution in [0.15, 0.2) is 82.4 Å². The van der Waals surface area contributed by atoms with Gasteiger partial charge in [-0.05, 0) is 35.0 Å². The predicted octanol–water partition coefficient (Wildman–Crippen LogP) is 3.51. The molecule has 0 radical (unpaired) electrons. The lowest BCUT2D eigenvalue weighted by Crippen LogP contribution is -2.28. The molecule has 0 unspecified atom stereocenters. The fraction of sp³-hybridized carbons (Fsp3) is 0.0476. The molecule has 0 aliphatic heterocycles. The molecule has 0 fully saturated rings. The van der Waals surface area contributed by atoms with E-state index in [1.54, 1.807) is 55.6 Å². The van der Waals surface area contributed by atoms with E-state index in [1.807, 2.05) is 24.3 Å². The third-order valence-electron chi connectivity index (χ3n) is 4.32. The van der Waals surface area contributed by atoms with E-state index in [4.69, 9.17) is 4.74 Å². The van der Waals surface area contributed by atoms with Crippen LogP contribution in [0.25, 0.3) is 27.2 Å². The quantitative estimate of drug-likeness (QED) is 0.565. The van der Waals surface area contributed by atoms with Crippen molar-refractivity contribution >= 4 is 21.5 Å². The molecule has 0 aliphatic rings. The van der Waals surface area contributed by atoms with Crippen LogP contribution in [0.1, 0.15) is 0 Å². The Morgan fingerprint density at radius 2 is 1.20 bits per heavy atom. The zero-order valence-corrected chi connectivity index (χ0v) is 13.6. The minimum Gasteiger partial charge on any atom is -0.497 e. The van der Waals surface area contributed by atoms with Gasteiger partial charge in [-0.25, -0.2) is 4.57 Å². The van der Waals surface area contributed by atoms with Crippen molar-refractivity contribution in [3.63, 3.8) is 0 Å². The highest BCUT2D eigenvalue weighted by molar-refractivity contribution is 6.05. The first-order valence-electron chi connectivity index (χ1n) is 7.92. The number of aromatic nitrogens is 1. The Morgan fingerprint density at radius 1 is 0.680 bits per heavy atom. The van der Waals surface area contributed by atoms with E-state index in [-0.39, 0.29) is 11.1 Å². The van der Waals surface area contributed by atoms with Crippen LogP contribution < -0.4 is 15.9 Å². The number of nitrogens with zero attached hydrogens (tertiary/aromatic N) is 1. The van der Waals surface area contributed by atoms with Crippen molar-refractivity contribution < 1.29 is 4.74 Å². The fourth-order valence-electron chi connectivity index (χ4n) is 3.13. The maximum atomic E-state index is 13.2. The Balaban J connectivity index is 2.29. The van der Waals surface area contributed by atoms with Crippen LogP contribution in [0.4, 0.5) is 0 Å². The molecule has 4 nitrogen and oxygen atoms in total. The van der Waals surface area contributed by atoms with Crippen LogP contribution >= 0.6 is 0 Å². The number of methoxy groups -OCH3 is 1. The summed E-state index contributed by atoms with van der Waals surface area (Å²) < 4.78 is 6.45. The molecule has 4 heteroatoms. The Bertz CT molecular complexity index is 1150. The van der Waals surface area contributed by atoms with Gasteiger partial charge < -0.3 is 4.74 Å². The summed E-state index contributed by atoms with van der Waals surface area (Å²) in [7, 11) is 1.55. The maximum absolute atomic E-state index is 13.2. The summed E-state index contributed by atoms with van der Waals surface area (Å²) >= 11 is 0. The molecule has 122 valence electrons. The zero-order valence-electron chi connectivity index (χ0n) is 13.6. The standard InChI is InChI=1S/C21H15NO3/c1-25-15-8-6-7-14(13-15)22-20(23)18-11-4-2-9-16(18)17-10-3-5-12-19(17)21(22)24/h2-13H,1H3. The van der Waals surface area contributed by atoms with E-state index >= 15 is 0 Å². The lowest BCUT2D eigenvalue weighted by Gasteiger charge is -2.05. The van der Waals surface area contributed by atoms with Crippen molar-refractivity contribution in [3.8, 4) is 11.4 Å². The average Bonchev–Trinajstić information content (AvgIpc) is 2.76. The highest BCUT2D eigenvalue weighted by atomic mass is 16.5. The maximum Gasteiger partial charge on any atom is 0.265 e. The van der Waals surface area contributed by atoms with Crippen LogP contribution in [-0.4, -0.2) is 11.7 Å². The number of hydrogen-bond donors (Lipinski definition) is 0. The van der Waals surface area contributed by atoms with Gasteiger partial charge in [-0.1, -0.05) is 42.5 Å². The van der Waals surface area contributed by atoms with E-state index in [9.17, 15) is 9.59 Å². The van der Waals surface area contributed by atoms with Gasteiger partial charge in [0.25, 0.3) is 11.1 Å². The summed E-state index contributed by atoms with van der Waals surface area (Å²) in [6.07, 6.45) is 0. The number of rotatable bonds is 2. The van der Waals surface area contributed by atoms with Gasteiger partial charge in [-0.15, -0.1) is 0 Å². The molecule has 4 rings (SSSR count). The van der Waals surface area contributed by atoms with Crippen LogP contribution in [0.3, 0.4) is 0 Å². The highest BCUT2D eigenvalue weighted by Crippen LogP contribution is 2.21. The largest absolute Gasteiger partial charge is 0.497 e. The van der Waals surface area contributed by atoms with Crippen LogP contribution in [0.5, 0.6) is 5.75 Å². The van der Waals surface area contributed by atoms with Gasteiger partial charge in [0.1, 0.15) is 5.75 Å². The summed E-state index contributed by atoms with van der Waals surface area (Å²) in [5.74, 6) is 0.587. The van der Waals surface area contributed by atoms with E-state index < -0.39 is 0 Å². The van der Waals surface area contributed by atoms with Crippen LogP contribution in [-0.2, 0) is 0 Å². The van der Waals surface area contributed by atoms with Crippen molar-refractivity contribution in [1.29, 1.82) is 0 Å². The second-order valence-electron chi connectivity index (χ2n) is 5.74. The van der Waals surface area contributed by atoms with Gasteiger partial charge >= 0.3 is 0 Å². The van der Waals surface area contributed by atoms with E-state index in [2.05, 4.69) is 0 Å². The minimum absolute atomic E-state index is 0.343. The molecule has 0 atom stereocenters. The summed E-state index contributed by atoms with van der Waals surface area (Å²) in [6.45, 7) is 0. The Hall–Kier alpha value is -3.40. The van der Waals surface area contributed by atoms with Gasteiger partial charge in [0.2, 0.25) is 0 Å². The molecule has 0 spiro atoms. The van der Waals surface area contributed by atoms with Crippen molar-refractivity contribution in [2.75, 3.05) is 7.11 Å². The Kier molecular flexibility index (Phi) is 3.58.